The van der Waals surface area contributed by atoms with Crippen LogP contribution in [0.25, 0.3) is 0 Å². The summed E-state index contributed by atoms with van der Waals surface area (Å²) in [4.78, 5) is 17.2. The molecule has 2 heterocycles. The van der Waals surface area contributed by atoms with E-state index in [9.17, 15) is 4.79 Å². The zero-order chi connectivity index (χ0) is 20.8. The van der Waals surface area contributed by atoms with Crippen molar-refractivity contribution in [1.29, 1.82) is 0 Å². The molecule has 0 radical (unpaired) electrons. The molecule has 0 unspecified atom stereocenters. The molecule has 6 nitrogen and oxygen atoms in total. The van der Waals surface area contributed by atoms with Crippen molar-refractivity contribution in [3.63, 3.8) is 0 Å². The van der Waals surface area contributed by atoms with Crippen molar-refractivity contribution in [2.75, 3.05) is 39.3 Å². The topological polar surface area (TPSA) is 53.4 Å². The smallest absolute Gasteiger partial charge is 0.234 e. The number of aromatic nitrogens is 2. The maximum absolute atomic E-state index is 12.5. The van der Waals surface area contributed by atoms with E-state index in [-0.39, 0.29) is 5.91 Å². The summed E-state index contributed by atoms with van der Waals surface area (Å²) in [6.45, 7) is 15.6. The van der Waals surface area contributed by atoms with E-state index in [4.69, 9.17) is 0 Å². The quantitative estimate of drug-likeness (QED) is 0.743. The summed E-state index contributed by atoms with van der Waals surface area (Å²) in [7, 11) is 0. The van der Waals surface area contributed by atoms with Crippen LogP contribution in [-0.4, -0.2) is 64.8 Å². The van der Waals surface area contributed by atoms with Gasteiger partial charge in [-0.1, -0.05) is 44.2 Å². The molecule has 1 N–H and O–H groups in total. The molecule has 3 rings (SSSR count). The Morgan fingerprint density at radius 3 is 2.38 bits per heavy atom. The van der Waals surface area contributed by atoms with Crippen molar-refractivity contribution in [3.05, 3.63) is 52.8 Å². The molecule has 6 heteroatoms. The van der Waals surface area contributed by atoms with Crippen LogP contribution in [-0.2, 0) is 17.9 Å². The first kappa shape index (κ1) is 21.5. The minimum Gasteiger partial charge on any atom is -0.351 e. The number of amides is 1. The molecule has 1 aliphatic rings. The number of benzene rings is 1. The Balaban J connectivity index is 1.48. The number of piperazine rings is 1. The summed E-state index contributed by atoms with van der Waals surface area (Å²) in [6.07, 6.45) is 0. The second-order valence-corrected chi connectivity index (χ2v) is 8.54. The highest BCUT2D eigenvalue weighted by Crippen LogP contribution is 2.15. The molecular formula is C23H35N5O. The summed E-state index contributed by atoms with van der Waals surface area (Å²) in [5.41, 5.74) is 4.45. The molecule has 0 spiro atoms. The highest BCUT2D eigenvalue weighted by molar-refractivity contribution is 5.78. The fourth-order valence-corrected chi connectivity index (χ4v) is 3.99. The maximum atomic E-state index is 12.5. The van der Waals surface area contributed by atoms with E-state index in [1.807, 2.05) is 29.8 Å². The fraction of sp³-hybridized carbons (Fsp3) is 0.565. The Kier molecular flexibility index (Phi) is 7.45. The SMILES string of the molecule is Cc1nn(Cc2ccccc2)c(C)c1CNC(=O)CN1CCN(CC(C)C)CC1. The Morgan fingerprint density at radius 2 is 1.72 bits per heavy atom. The molecule has 158 valence electrons. The molecule has 0 saturated carbocycles. The van der Waals surface area contributed by atoms with Crippen LogP contribution in [0.1, 0.15) is 36.4 Å². The summed E-state index contributed by atoms with van der Waals surface area (Å²) in [6, 6.07) is 10.3. The van der Waals surface area contributed by atoms with Crippen molar-refractivity contribution >= 4 is 5.91 Å². The van der Waals surface area contributed by atoms with Crippen LogP contribution in [0.5, 0.6) is 0 Å². The van der Waals surface area contributed by atoms with Crippen LogP contribution in [0.4, 0.5) is 0 Å². The lowest BCUT2D eigenvalue weighted by Crippen LogP contribution is -2.50. The van der Waals surface area contributed by atoms with E-state index in [1.54, 1.807) is 0 Å². The third-order valence-electron chi connectivity index (χ3n) is 5.62. The lowest BCUT2D eigenvalue weighted by atomic mass is 10.2. The minimum atomic E-state index is 0.0944. The second-order valence-electron chi connectivity index (χ2n) is 8.54. The summed E-state index contributed by atoms with van der Waals surface area (Å²) >= 11 is 0. The average Bonchev–Trinajstić information content (AvgIpc) is 2.95. The first-order valence-electron chi connectivity index (χ1n) is 10.7. The lowest BCUT2D eigenvalue weighted by molar-refractivity contribution is -0.122. The van der Waals surface area contributed by atoms with Gasteiger partial charge in [-0.15, -0.1) is 0 Å². The van der Waals surface area contributed by atoms with Crippen LogP contribution in [0, 0.1) is 19.8 Å². The molecule has 0 aliphatic carbocycles. The molecule has 0 bridgehead atoms. The Hall–Kier alpha value is -2.18. The summed E-state index contributed by atoms with van der Waals surface area (Å²) in [5.74, 6) is 0.788. The summed E-state index contributed by atoms with van der Waals surface area (Å²) < 4.78 is 2.03. The zero-order valence-electron chi connectivity index (χ0n) is 18.3. The van der Waals surface area contributed by atoms with Crippen LogP contribution in [0.3, 0.4) is 0 Å². The van der Waals surface area contributed by atoms with Crippen molar-refractivity contribution in [1.82, 2.24) is 24.9 Å². The molecule has 29 heavy (non-hydrogen) atoms. The van der Waals surface area contributed by atoms with Gasteiger partial charge in [-0.05, 0) is 25.3 Å². The Bertz CT molecular complexity index is 791. The highest BCUT2D eigenvalue weighted by Gasteiger charge is 2.20. The average molecular weight is 398 g/mol. The van der Waals surface area contributed by atoms with Crippen LogP contribution < -0.4 is 5.32 Å². The van der Waals surface area contributed by atoms with E-state index < -0.39 is 0 Å². The molecule has 1 aliphatic heterocycles. The third-order valence-corrected chi connectivity index (χ3v) is 5.62. The molecule has 1 aromatic heterocycles. The van der Waals surface area contributed by atoms with Crippen molar-refractivity contribution in [3.8, 4) is 0 Å². The molecule has 1 aromatic carbocycles. The zero-order valence-corrected chi connectivity index (χ0v) is 18.3. The van der Waals surface area contributed by atoms with Crippen LogP contribution in [0.15, 0.2) is 30.3 Å². The second kappa shape index (κ2) is 10.0. The molecule has 0 atom stereocenters. The van der Waals surface area contributed by atoms with Gasteiger partial charge in [-0.25, -0.2) is 0 Å². The van der Waals surface area contributed by atoms with Gasteiger partial charge in [0.1, 0.15) is 0 Å². The first-order chi connectivity index (χ1) is 13.9. The number of hydrogen-bond acceptors (Lipinski definition) is 4. The number of rotatable bonds is 8. The van der Waals surface area contributed by atoms with Crippen molar-refractivity contribution in [2.45, 2.75) is 40.8 Å². The summed E-state index contributed by atoms with van der Waals surface area (Å²) in [5, 5.41) is 7.78. The third kappa shape index (κ3) is 6.15. The van der Waals surface area contributed by atoms with Gasteiger partial charge in [0.25, 0.3) is 0 Å². The van der Waals surface area contributed by atoms with Crippen molar-refractivity contribution < 1.29 is 4.79 Å². The molecular weight excluding hydrogens is 362 g/mol. The normalized spacial score (nSPS) is 15.8. The van der Waals surface area contributed by atoms with Gasteiger partial charge in [0.2, 0.25) is 5.91 Å². The number of carbonyl (C=O) groups excluding carboxylic acids is 1. The molecule has 2 aromatic rings. The standard InChI is InChI=1S/C23H35N5O/c1-18(2)15-26-10-12-27(13-11-26)17-23(29)24-14-22-19(3)25-28(20(22)4)16-21-8-6-5-7-9-21/h5-9,18H,10-17H2,1-4H3,(H,24,29). The predicted octanol–water partition coefficient (Wildman–Crippen LogP) is 2.44. The van der Waals surface area contributed by atoms with E-state index in [1.165, 1.54) is 5.56 Å². The lowest BCUT2D eigenvalue weighted by Gasteiger charge is -2.35. The van der Waals surface area contributed by atoms with Gasteiger partial charge in [-0.2, -0.15) is 5.10 Å². The molecule has 1 saturated heterocycles. The largest absolute Gasteiger partial charge is 0.351 e. The van der Waals surface area contributed by atoms with E-state index in [0.717, 1.165) is 56.2 Å². The monoisotopic (exact) mass is 397 g/mol. The minimum absolute atomic E-state index is 0.0944. The number of nitrogens with zero attached hydrogens (tertiary/aromatic N) is 4. The Morgan fingerprint density at radius 1 is 1.07 bits per heavy atom. The van der Waals surface area contributed by atoms with Gasteiger partial charge < -0.3 is 10.2 Å². The number of aryl methyl sites for hydroxylation is 1. The number of hydrogen-bond donors (Lipinski definition) is 1. The molecule has 1 fully saturated rings. The predicted molar refractivity (Wildman–Crippen MR) is 117 cm³/mol. The molecule has 1 amide bonds. The van der Waals surface area contributed by atoms with Gasteiger partial charge >= 0.3 is 0 Å². The first-order valence-corrected chi connectivity index (χ1v) is 10.7. The maximum Gasteiger partial charge on any atom is 0.234 e. The van der Waals surface area contributed by atoms with Gasteiger partial charge in [0, 0.05) is 50.5 Å². The van der Waals surface area contributed by atoms with Gasteiger partial charge in [-0.3, -0.25) is 14.4 Å². The fourth-order valence-electron chi connectivity index (χ4n) is 3.99. The van der Waals surface area contributed by atoms with Crippen LogP contribution in [0.2, 0.25) is 0 Å². The number of carbonyl (C=O) groups is 1. The van der Waals surface area contributed by atoms with E-state index in [2.05, 4.69) is 53.1 Å². The van der Waals surface area contributed by atoms with Crippen LogP contribution >= 0.6 is 0 Å². The van der Waals surface area contributed by atoms with Gasteiger partial charge in [0.05, 0.1) is 18.8 Å². The highest BCUT2D eigenvalue weighted by atomic mass is 16.2. The van der Waals surface area contributed by atoms with E-state index in [0.29, 0.717) is 19.0 Å². The Labute approximate surface area is 174 Å². The van der Waals surface area contributed by atoms with Crippen molar-refractivity contribution in [2.24, 2.45) is 5.92 Å². The van der Waals surface area contributed by atoms with E-state index >= 15 is 0 Å². The van der Waals surface area contributed by atoms with Gasteiger partial charge in [0.15, 0.2) is 0 Å². The number of nitrogens with one attached hydrogen (secondary N) is 1.